The lowest BCUT2D eigenvalue weighted by molar-refractivity contribution is -0.138. The van der Waals surface area contributed by atoms with Gasteiger partial charge in [0.2, 0.25) is 5.91 Å². The SMILES string of the molecule is COCC(=O)N1CCC2NNC(c3ccc(C(F)(F)F)cc3)C2C1. The minimum Gasteiger partial charge on any atom is -0.375 e. The van der Waals surface area contributed by atoms with Gasteiger partial charge in [0.05, 0.1) is 11.6 Å². The van der Waals surface area contributed by atoms with E-state index >= 15 is 0 Å². The number of halogens is 3. The van der Waals surface area contributed by atoms with Crippen LogP contribution in [0, 0.1) is 5.92 Å². The Hall–Kier alpha value is -1.64. The lowest BCUT2D eigenvalue weighted by Crippen LogP contribution is -2.48. The summed E-state index contributed by atoms with van der Waals surface area (Å²) in [5.41, 5.74) is 6.49. The third kappa shape index (κ3) is 3.40. The van der Waals surface area contributed by atoms with Gasteiger partial charge in [-0.1, -0.05) is 12.1 Å². The lowest BCUT2D eigenvalue weighted by Gasteiger charge is -2.36. The smallest absolute Gasteiger partial charge is 0.375 e. The van der Waals surface area contributed by atoms with Crippen LogP contribution in [0.1, 0.15) is 23.6 Å². The fourth-order valence-corrected chi connectivity index (χ4v) is 3.45. The topological polar surface area (TPSA) is 53.6 Å². The summed E-state index contributed by atoms with van der Waals surface area (Å²) in [5, 5.41) is 0. The van der Waals surface area contributed by atoms with Gasteiger partial charge in [-0.25, -0.2) is 5.43 Å². The first kappa shape index (κ1) is 17.2. The first-order valence-corrected chi connectivity index (χ1v) is 7.85. The Balaban J connectivity index is 1.73. The number of piperidine rings is 1. The van der Waals surface area contributed by atoms with E-state index in [0.29, 0.717) is 13.1 Å². The van der Waals surface area contributed by atoms with Crippen molar-refractivity contribution in [2.24, 2.45) is 5.92 Å². The molecule has 0 aromatic heterocycles. The molecule has 3 atom stereocenters. The predicted octanol–water partition coefficient (Wildman–Crippen LogP) is 1.72. The molecule has 2 heterocycles. The van der Waals surface area contributed by atoms with E-state index in [1.165, 1.54) is 19.2 Å². The van der Waals surface area contributed by atoms with Crippen molar-refractivity contribution in [3.05, 3.63) is 35.4 Å². The molecule has 24 heavy (non-hydrogen) atoms. The normalized spacial score (nSPS) is 27.2. The molecular weight excluding hydrogens is 323 g/mol. The minimum atomic E-state index is -4.34. The minimum absolute atomic E-state index is 0.0448. The summed E-state index contributed by atoms with van der Waals surface area (Å²) in [6, 6.07) is 5.27. The second-order valence-corrected chi connectivity index (χ2v) is 6.22. The summed E-state index contributed by atoms with van der Waals surface area (Å²) in [7, 11) is 1.48. The molecule has 2 saturated heterocycles. The van der Waals surface area contributed by atoms with Crippen LogP contribution in [0.3, 0.4) is 0 Å². The lowest BCUT2D eigenvalue weighted by atomic mass is 9.85. The number of alkyl halides is 3. The van der Waals surface area contributed by atoms with Crippen LogP contribution in [0.2, 0.25) is 0 Å². The van der Waals surface area contributed by atoms with Crippen molar-refractivity contribution in [1.29, 1.82) is 0 Å². The largest absolute Gasteiger partial charge is 0.416 e. The highest BCUT2D eigenvalue weighted by Gasteiger charge is 2.41. The molecule has 5 nitrogen and oxygen atoms in total. The number of amides is 1. The zero-order valence-electron chi connectivity index (χ0n) is 13.3. The summed E-state index contributed by atoms with van der Waals surface area (Å²) < 4.78 is 43.0. The Morgan fingerprint density at radius 1 is 1.29 bits per heavy atom. The molecule has 0 radical (unpaired) electrons. The maximum Gasteiger partial charge on any atom is 0.416 e. The molecule has 2 N–H and O–H groups in total. The third-order valence-corrected chi connectivity index (χ3v) is 4.73. The second kappa shape index (κ2) is 6.70. The van der Waals surface area contributed by atoms with Gasteiger partial charge in [-0.2, -0.15) is 13.2 Å². The maximum atomic E-state index is 12.7. The molecule has 1 aromatic carbocycles. The molecule has 132 valence electrons. The first-order valence-electron chi connectivity index (χ1n) is 7.85. The summed E-state index contributed by atoms with van der Waals surface area (Å²) in [5.74, 6) is 0.0466. The van der Waals surface area contributed by atoms with E-state index in [4.69, 9.17) is 4.74 Å². The fourth-order valence-electron chi connectivity index (χ4n) is 3.45. The Morgan fingerprint density at radius 3 is 2.62 bits per heavy atom. The van der Waals surface area contributed by atoms with Gasteiger partial charge in [0.15, 0.2) is 0 Å². The van der Waals surface area contributed by atoms with Crippen LogP contribution in [0.15, 0.2) is 24.3 Å². The summed E-state index contributed by atoms with van der Waals surface area (Å²) in [6.45, 7) is 1.25. The second-order valence-electron chi connectivity index (χ2n) is 6.22. The molecule has 8 heteroatoms. The standard InChI is InChI=1S/C16H20F3N3O2/c1-24-9-14(23)22-7-6-13-12(8-22)15(21-20-13)10-2-4-11(5-3-10)16(17,18)19/h2-5,12-13,15,20-21H,6-9H2,1H3. The molecule has 0 spiro atoms. The number of hydrogen-bond acceptors (Lipinski definition) is 4. The van der Waals surface area contributed by atoms with E-state index in [1.54, 1.807) is 4.90 Å². The number of fused-ring (bicyclic) bond motifs is 1. The van der Waals surface area contributed by atoms with Gasteiger partial charge in [-0.05, 0) is 24.1 Å². The van der Waals surface area contributed by atoms with E-state index in [2.05, 4.69) is 10.9 Å². The van der Waals surface area contributed by atoms with Crippen molar-refractivity contribution in [2.75, 3.05) is 26.8 Å². The number of carbonyl (C=O) groups excluding carboxylic acids is 1. The molecule has 0 bridgehead atoms. The highest BCUT2D eigenvalue weighted by Crippen LogP contribution is 2.35. The van der Waals surface area contributed by atoms with Crippen molar-refractivity contribution >= 4 is 5.91 Å². The van der Waals surface area contributed by atoms with Crippen molar-refractivity contribution in [1.82, 2.24) is 15.8 Å². The molecular formula is C16H20F3N3O2. The van der Waals surface area contributed by atoms with Crippen molar-refractivity contribution in [3.63, 3.8) is 0 Å². The molecule has 3 unspecified atom stereocenters. The van der Waals surface area contributed by atoms with Gasteiger partial charge >= 0.3 is 6.18 Å². The molecule has 2 aliphatic rings. The van der Waals surface area contributed by atoms with Crippen LogP contribution in [0.25, 0.3) is 0 Å². The Bertz CT molecular complexity index is 591. The van der Waals surface area contributed by atoms with Crippen molar-refractivity contribution in [2.45, 2.75) is 24.7 Å². The molecule has 0 aliphatic carbocycles. The van der Waals surface area contributed by atoms with Gasteiger partial charge in [0.1, 0.15) is 6.61 Å². The van der Waals surface area contributed by atoms with Gasteiger partial charge in [0, 0.05) is 32.2 Å². The van der Waals surface area contributed by atoms with E-state index in [-0.39, 0.29) is 30.5 Å². The van der Waals surface area contributed by atoms with Gasteiger partial charge < -0.3 is 9.64 Å². The summed E-state index contributed by atoms with van der Waals surface area (Å²) >= 11 is 0. The number of nitrogens with one attached hydrogen (secondary N) is 2. The predicted molar refractivity (Wildman–Crippen MR) is 80.8 cm³/mol. The van der Waals surface area contributed by atoms with E-state index < -0.39 is 11.7 Å². The third-order valence-electron chi connectivity index (χ3n) is 4.73. The zero-order valence-corrected chi connectivity index (χ0v) is 13.3. The number of hydrogen-bond donors (Lipinski definition) is 2. The van der Waals surface area contributed by atoms with Gasteiger partial charge in [0.25, 0.3) is 0 Å². The van der Waals surface area contributed by atoms with Crippen molar-refractivity contribution < 1.29 is 22.7 Å². The zero-order chi connectivity index (χ0) is 17.3. The fraction of sp³-hybridized carbons (Fsp3) is 0.562. The summed E-state index contributed by atoms with van der Waals surface area (Å²) in [4.78, 5) is 13.8. The number of carbonyl (C=O) groups is 1. The first-order chi connectivity index (χ1) is 11.4. The average molecular weight is 343 g/mol. The average Bonchev–Trinajstić information content (AvgIpc) is 2.97. The van der Waals surface area contributed by atoms with Crippen LogP contribution in [0.4, 0.5) is 13.2 Å². The number of nitrogens with zero attached hydrogens (tertiary/aromatic N) is 1. The van der Waals surface area contributed by atoms with Crippen LogP contribution < -0.4 is 10.9 Å². The number of benzene rings is 1. The monoisotopic (exact) mass is 343 g/mol. The molecule has 0 saturated carbocycles. The molecule has 2 fully saturated rings. The number of rotatable bonds is 3. The van der Waals surface area contributed by atoms with E-state index in [9.17, 15) is 18.0 Å². The number of hydrazine groups is 1. The van der Waals surface area contributed by atoms with Gasteiger partial charge in [-0.3, -0.25) is 10.2 Å². The quantitative estimate of drug-likeness (QED) is 0.878. The van der Waals surface area contributed by atoms with Crippen molar-refractivity contribution in [3.8, 4) is 0 Å². The highest BCUT2D eigenvalue weighted by atomic mass is 19.4. The van der Waals surface area contributed by atoms with E-state index in [1.807, 2.05) is 0 Å². The number of methoxy groups -OCH3 is 1. The number of likely N-dealkylation sites (tertiary alicyclic amines) is 1. The van der Waals surface area contributed by atoms with Crippen LogP contribution >= 0.6 is 0 Å². The van der Waals surface area contributed by atoms with E-state index in [0.717, 1.165) is 24.1 Å². The number of ether oxygens (including phenoxy) is 1. The van der Waals surface area contributed by atoms with Crippen LogP contribution in [-0.2, 0) is 15.7 Å². The summed E-state index contributed by atoms with van der Waals surface area (Å²) in [6.07, 6.45) is -3.54. The van der Waals surface area contributed by atoms with Crippen LogP contribution in [-0.4, -0.2) is 43.7 Å². The molecule has 1 aromatic rings. The highest BCUT2D eigenvalue weighted by molar-refractivity contribution is 5.77. The van der Waals surface area contributed by atoms with Gasteiger partial charge in [-0.15, -0.1) is 0 Å². The molecule has 2 aliphatic heterocycles. The Kier molecular flexibility index (Phi) is 4.80. The Labute approximate surface area is 138 Å². The molecule has 3 rings (SSSR count). The maximum absolute atomic E-state index is 12.7. The Morgan fingerprint density at radius 2 is 2.00 bits per heavy atom. The van der Waals surface area contributed by atoms with Crippen LogP contribution in [0.5, 0.6) is 0 Å². The molecule has 1 amide bonds.